The molecule has 0 fully saturated rings. The number of primary amides is 1. The number of nitrogens with two attached hydrogens (primary N) is 1. The van der Waals surface area contributed by atoms with Gasteiger partial charge in [-0.3, -0.25) is 14.8 Å². The Morgan fingerprint density at radius 3 is 2.62 bits per heavy atom. The number of carbonyl (C=O) groups excluding carboxylic acids is 2. The minimum absolute atomic E-state index is 0.139. The highest BCUT2D eigenvalue weighted by Crippen LogP contribution is 2.28. The van der Waals surface area contributed by atoms with E-state index in [0.717, 1.165) is 16.9 Å². The molecule has 0 aliphatic heterocycles. The highest BCUT2D eigenvalue weighted by Gasteiger charge is 2.18. The number of amides is 3. The molecule has 0 unspecified atom stereocenters. The van der Waals surface area contributed by atoms with Crippen LogP contribution >= 0.6 is 0 Å². The minimum atomic E-state index is -0.420. The molecule has 9 nitrogen and oxygen atoms in total. The Morgan fingerprint density at radius 2 is 1.93 bits per heavy atom. The SMILES string of the molecule is Cc1ccccc1-n1ncc(NC(=O)Nc2ccn(CCC(N)=O)n2)c1C(C)C. The van der Waals surface area contributed by atoms with Gasteiger partial charge in [-0.25, -0.2) is 9.48 Å². The minimum Gasteiger partial charge on any atom is -0.370 e. The van der Waals surface area contributed by atoms with Crippen molar-refractivity contribution in [1.29, 1.82) is 0 Å². The van der Waals surface area contributed by atoms with Crippen molar-refractivity contribution < 1.29 is 9.59 Å². The molecule has 0 saturated heterocycles. The largest absolute Gasteiger partial charge is 0.370 e. The second-order valence-corrected chi connectivity index (χ2v) is 7.06. The fourth-order valence-electron chi connectivity index (χ4n) is 3.05. The van der Waals surface area contributed by atoms with Crippen molar-refractivity contribution in [1.82, 2.24) is 19.6 Å². The number of hydrogen-bond acceptors (Lipinski definition) is 4. The summed E-state index contributed by atoms with van der Waals surface area (Å²) < 4.78 is 3.41. The molecule has 3 aromatic rings. The number of benzene rings is 1. The number of urea groups is 1. The maximum Gasteiger partial charge on any atom is 0.324 e. The molecule has 152 valence electrons. The summed E-state index contributed by atoms with van der Waals surface area (Å²) in [6.07, 6.45) is 3.50. The van der Waals surface area contributed by atoms with Gasteiger partial charge in [0.15, 0.2) is 5.82 Å². The van der Waals surface area contributed by atoms with Crippen LogP contribution in [0, 0.1) is 6.92 Å². The topological polar surface area (TPSA) is 120 Å². The van der Waals surface area contributed by atoms with Gasteiger partial charge < -0.3 is 11.1 Å². The third-order valence-corrected chi connectivity index (χ3v) is 4.41. The van der Waals surface area contributed by atoms with Gasteiger partial charge in [-0.05, 0) is 24.5 Å². The number of hydrogen-bond donors (Lipinski definition) is 3. The summed E-state index contributed by atoms with van der Waals surface area (Å²) in [6.45, 7) is 6.49. The van der Waals surface area contributed by atoms with Crippen LogP contribution in [0.2, 0.25) is 0 Å². The third-order valence-electron chi connectivity index (χ3n) is 4.41. The summed E-state index contributed by atoms with van der Waals surface area (Å²) in [5, 5.41) is 14.2. The maximum absolute atomic E-state index is 12.5. The summed E-state index contributed by atoms with van der Waals surface area (Å²) in [5.74, 6) is 0.115. The van der Waals surface area contributed by atoms with Crippen molar-refractivity contribution in [2.45, 2.75) is 39.7 Å². The predicted molar refractivity (Wildman–Crippen MR) is 111 cm³/mol. The molecule has 4 N–H and O–H groups in total. The quantitative estimate of drug-likeness (QED) is 0.569. The van der Waals surface area contributed by atoms with Crippen LogP contribution < -0.4 is 16.4 Å². The van der Waals surface area contributed by atoms with E-state index in [2.05, 4.69) is 34.7 Å². The van der Waals surface area contributed by atoms with Gasteiger partial charge in [0.1, 0.15) is 0 Å². The lowest BCUT2D eigenvalue weighted by atomic mass is 10.1. The fourth-order valence-corrected chi connectivity index (χ4v) is 3.05. The van der Waals surface area contributed by atoms with Crippen molar-refractivity contribution in [2.75, 3.05) is 10.6 Å². The Bertz CT molecular complexity index is 1020. The number of nitrogens with zero attached hydrogens (tertiary/aromatic N) is 4. The van der Waals surface area contributed by atoms with Crippen LogP contribution in [-0.2, 0) is 11.3 Å². The summed E-state index contributed by atoms with van der Waals surface area (Å²) >= 11 is 0. The first-order chi connectivity index (χ1) is 13.8. The monoisotopic (exact) mass is 395 g/mol. The molecular formula is C20H25N7O2. The molecule has 0 aliphatic rings. The predicted octanol–water partition coefficient (Wildman–Crippen LogP) is 3.02. The zero-order valence-electron chi connectivity index (χ0n) is 16.7. The van der Waals surface area contributed by atoms with E-state index in [-0.39, 0.29) is 12.3 Å². The van der Waals surface area contributed by atoms with Crippen LogP contribution in [0.15, 0.2) is 42.7 Å². The van der Waals surface area contributed by atoms with Crippen molar-refractivity contribution in [3.63, 3.8) is 0 Å². The Hall–Kier alpha value is -3.62. The van der Waals surface area contributed by atoms with E-state index in [1.54, 1.807) is 23.1 Å². The van der Waals surface area contributed by atoms with Gasteiger partial charge in [0.2, 0.25) is 5.91 Å². The number of para-hydroxylation sites is 1. The highest BCUT2D eigenvalue weighted by molar-refractivity contribution is 5.99. The van der Waals surface area contributed by atoms with Gasteiger partial charge in [0.05, 0.1) is 23.3 Å². The number of anilines is 2. The molecule has 0 bridgehead atoms. The molecule has 3 rings (SSSR count). The van der Waals surface area contributed by atoms with Crippen molar-refractivity contribution in [3.8, 4) is 5.69 Å². The first-order valence-electron chi connectivity index (χ1n) is 9.39. The van der Waals surface area contributed by atoms with Crippen LogP contribution in [0.1, 0.15) is 37.4 Å². The van der Waals surface area contributed by atoms with Gasteiger partial charge in [0.25, 0.3) is 0 Å². The molecular weight excluding hydrogens is 370 g/mol. The summed E-state index contributed by atoms with van der Waals surface area (Å²) in [5.41, 5.74) is 8.74. The molecule has 0 spiro atoms. The first kappa shape index (κ1) is 20.1. The standard InChI is InChI=1S/C20H25N7O2/c1-13(2)19-15(12-22-27(19)16-7-5-4-6-14(16)3)23-20(29)24-18-9-11-26(25-18)10-8-17(21)28/h4-7,9,11-13H,8,10H2,1-3H3,(H2,21,28)(H2,23,24,25,29). The van der Waals surface area contributed by atoms with Crippen molar-refractivity contribution in [3.05, 3.63) is 54.0 Å². The van der Waals surface area contributed by atoms with E-state index in [1.807, 2.05) is 35.9 Å². The summed E-state index contributed by atoms with van der Waals surface area (Å²) in [6, 6.07) is 9.19. The van der Waals surface area contributed by atoms with Crippen LogP contribution in [0.4, 0.5) is 16.3 Å². The zero-order chi connectivity index (χ0) is 21.0. The summed E-state index contributed by atoms with van der Waals surface area (Å²) in [7, 11) is 0. The number of nitrogens with one attached hydrogen (secondary N) is 2. The van der Waals surface area contributed by atoms with E-state index in [0.29, 0.717) is 18.1 Å². The lowest BCUT2D eigenvalue weighted by Crippen LogP contribution is -2.21. The van der Waals surface area contributed by atoms with Crippen molar-refractivity contribution in [2.24, 2.45) is 5.73 Å². The molecule has 0 atom stereocenters. The number of rotatable bonds is 7. The van der Waals surface area contributed by atoms with Crippen LogP contribution in [0.3, 0.4) is 0 Å². The first-order valence-corrected chi connectivity index (χ1v) is 9.39. The smallest absolute Gasteiger partial charge is 0.324 e. The van der Waals surface area contributed by atoms with E-state index < -0.39 is 11.9 Å². The Kier molecular flexibility index (Phi) is 5.96. The average Bonchev–Trinajstić information content (AvgIpc) is 3.27. The fraction of sp³-hybridized carbons (Fsp3) is 0.300. The highest BCUT2D eigenvalue weighted by atomic mass is 16.2. The van der Waals surface area contributed by atoms with Gasteiger partial charge >= 0.3 is 6.03 Å². The van der Waals surface area contributed by atoms with E-state index in [1.165, 1.54) is 0 Å². The molecule has 0 aliphatic carbocycles. The molecule has 9 heteroatoms. The lowest BCUT2D eigenvalue weighted by molar-refractivity contribution is -0.118. The van der Waals surface area contributed by atoms with Gasteiger partial charge in [-0.1, -0.05) is 32.0 Å². The Balaban J connectivity index is 1.74. The molecule has 0 radical (unpaired) electrons. The summed E-state index contributed by atoms with van der Waals surface area (Å²) in [4.78, 5) is 23.3. The zero-order valence-corrected chi connectivity index (χ0v) is 16.7. The van der Waals surface area contributed by atoms with Crippen LogP contribution in [-0.4, -0.2) is 31.5 Å². The lowest BCUT2D eigenvalue weighted by Gasteiger charge is -2.15. The van der Waals surface area contributed by atoms with Gasteiger partial charge in [-0.15, -0.1) is 0 Å². The normalized spacial score (nSPS) is 10.9. The molecule has 2 heterocycles. The van der Waals surface area contributed by atoms with E-state index >= 15 is 0 Å². The molecule has 3 amide bonds. The van der Waals surface area contributed by atoms with E-state index in [9.17, 15) is 9.59 Å². The molecule has 2 aromatic heterocycles. The van der Waals surface area contributed by atoms with Crippen LogP contribution in [0.5, 0.6) is 0 Å². The number of carbonyl (C=O) groups is 2. The third kappa shape index (κ3) is 4.81. The number of aromatic nitrogens is 4. The molecule has 29 heavy (non-hydrogen) atoms. The Morgan fingerprint density at radius 1 is 1.17 bits per heavy atom. The van der Waals surface area contributed by atoms with Gasteiger partial charge in [-0.2, -0.15) is 10.2 Å². The second-order valence-electron chi connectivity index (χ2n) is 7.06. The van der Waals surface area contributed by atoms with Gasteiger partial charge in [0, 0.05) is 25.2 Å². The number of aryl methyl sites for hydroxylation is 2. The van der Waals surface area contributed by atoms with Crippen molar-refractivity contribution >= 4 is 23.4 Å². The maximum atomic E-state index is 12.5. The van der Waals surface area contributed by atoms with E-state index in [4.69, 9.17) is 5.73 Å². The van der Waals surface area contributed by atoms with Crippen LogP contribution in [0.25, 0.3) is 5.69 Å². The Labute approximate surface area is 168 Å². The average molecular weight is 395 g/mol. The second kappa shape index (κ2) is 8.59. The molecule has 0 saturated carbocycles. The molecule has 1 aromatic carbocycles.